The quantitative estimate of drug-likeness (QED) is 0.160. The number of rotatable bonds is 22. The van der Waals surface area contributed by atoms with E-state index < -0.39 is 0 Å². The molecule has 0 fully saturated rings. The highest BCUT2D eigenvalue weighted by Crippen LogP contribution is 2.23. The summed E-state index contributed by atoms with van der Waals surface area (Å²) in [6, 6.07) is 0. The molecular formula is C28H58. The first-order valence-electron chi connectivity index (χ1n) is 13.6. The van der Waals surface area contributed by atoms with Crippen molar-refractivity contribution >= 4 is 0 Å². The Balaban J connectivity index is 3.36. The molecule has 0 spiro atoms. The zero-order valence-corrected chi connectivity index (χ0v) is 20.9. The van der Waals surface area contributed by atoms with Gasteiger partial charge in [0.1, 0.15) is 0 Å². The van der Waals surface area contributed by atoms with Crippen molar-refractivity contribution in [2.45, 2.75) is 163 Å². The van der Waals surface area contributed by atoms with Gasteiger partial charge in [-0.3, -0.25) is 0 Å². The van der Waals surface area contributed by atoms with Crippen LogP contribution in [0, 0.1) is 17.8 Å². The van der Waals surface area contributed by atoms with Crippen LogP contribution in [0.25, 0.3) is 0 Å². The summed E-state index contributed by atoms with van der Waals surface area (Å²) >= 11 is 0. The van der Waals surface area contributed by atoms with E-state index in [1.165, 1.54) is 128 Å². The van der Waals surface area contributed by atoms with Crippen molar-refractivity contribution in [2.75, 3.05) is 0 Å². The van der Waals surface area contributed by atoms with Gasteiger partial charge in [-0.25, -0.2) is 0 Å². The molecule has 0 aliphatic heterocycles. The minimum absolute atomic E-state index is 0.947. The van der Waals surface area contributed by atoms with Crippen LogP contribution in [-0.2, 0) is 0 Å². The smallest absolute Gasteiger partial charge is 0.0443 e. The van der Waals surface area contributed by atoms with Crippen molar-refractivity contribution < 1.29 is 0 Å². The van der Waals surface area contributed by atoms with Crippen molar-refractivity contribution in [1.82, 2.24) is 0 Å². The molecule has 0 aromatic heterocycles. The third-order valence-corrected chi connectivity index (χ3v) is 6.89. The maximum Gasteiger partial charge on any atom is -0.0443 e. The van der Waals surface area contributed by atoms with E-state index in [0.29, 0.717) is 0 Å². The van der Waals surface area contributed by atoms with E-state index in [1.54, 1.807) is 0 Å². The highest BCUT2D eigenvalue weighted by atomic mass is 14.1. The van der Waals surface area contributed by atoms with Gasteiger partial charge >= 0.3 is 0 Å². The third kappa shape index (κ3) is 20.7. The largest absolute Gasteiger partial charge is 0.0654 e. The van der Waals surface area contributed by atoms with E-state index in [0.717, 1.165) is 17.8 Å². The van der Waals surface area contributed by atoms with E-state index in [-0.39, 0.29) is 0 Å². The van der Waals surface area contributed by atoms with Gasteiger partial charge in [0, 0.05) is 0 Å². The van der Waals surface area contributed by atoms with Gasteiger partial charge in [-0.15, -0.1) is 0 Å². The maximum absolute atomic E-state index is 2.49. The van der Waals surface area contributed by atoms with E-state index in [2.05, 4.69) is 34.6 Å². The summed E-state index contributed by atoms with van der Waals surface area (Å²) in [5.74, 6) is 2.85. The Labute approximate surface area is 181 Å². The van der Waals surface area contributed by atoms with Gasteiger partial charge < -0.3 is 0 Å². The molecule has 0 bridgehead atoms. The molecule has 28 heavy (non-hydrogen) atoms. The first-order valence-corrected chi connectivity index (χ1v) is 13.6. The van der Waals surface area contributed by atoms with Crippen molar-refractivity contribution in [2.24, 2.45) is 17.8 Å². The highest BCUT2D eigenvalue weighted by Gasteiger charge is 2.07. The standard InChI is InChI=1S/C28H58/c1-6-8-10-11-12-13-14-15-16-17-21-27(4)23-19-25-28(5)24-18-22-26(3)20-9-7-2/h26-28H,6-25H2,1-5H3. The molecule has 0 aromatic rings. The van der Waals surface area contributed by atoms with Crippen LogP contribution in [-0.4, -0.2) is 0 Å². The van der Waals surface area contributed by atoms with Crippen LogP contribution in [0.1, 0.15) is 163 Å². The van der Waals surface area contributed by atoms with Crippen LogP contribution in [0.15, 0.2) is 0 Å². The topological polar surface area (TPSA) is 0 Å². The molecule has 0 heterocycles. The molecule has 0 aromatic carbocycles. The fourth-order valence-corrected chi connectivity index (χ4v) is 4.60. The SMILES string of the molecule is CCCCCCCCCCCCC(C)CCCC(C)CCCC(C)CCCC. The first-order chi connectivity index (χ1) is 13.6. The number of hydrogen-bond donors (Lipinski definition) is 0. The van der Waals surface area contributed by atoms with Crippen LogP contribution < -0.4 is 0 Å². The van der Waals surface area contributed by atoms with Gasteiger partial charge in [-0.05, 0) is 17.8 Å². The predicted octanol–water partition coefficient (Wildman–Crippen LogP) is 10.7. The maximum atomic E-state index is 2.49. The van der Waals surface area contributed by atoms with Crippen LogP contribution in [0.4, 0.5) is 0 Å². The molecule has 0 aliphatic rings. The minimum Gasteiger partial charge on any atom is -0.0654 e. The van der Waals surface area contributed by atoms with Crippen LogP contribution in [0.2, 0.25) is 0 Å². The van der Waals surface area contributed by atoms with E-state index >= 15 is 0 Å². The summed E-state index contributed by atoms with van der Waals surface area (Å²) in [6.07, 6.45) is 29.1. The molecule has 0 N–H and O–H groups in total. The van der Waals surface area contributed by atoms with Gasteiger partial charge in [-0.1, -0.05) is 163 Å². The van der Waals surface area contributed by atoms with Gasteiger partial charge in [0.25, 0.3) is 0 Å². The zero-order chi connectivity index (χ0) is 20.9. The average Bonchev–Trinajstić information content (AvgIpc) is 2.67. The second kappa shape index (κ2) is 21.7. The van der Waals surface area contributed by atoms with Gasteiger partial charge in [-0.2, -0.15) is 0 Å². The lowest BCUT2D eigenvalue weighted by Gasteiger charge is -2.16. The van der Waals surface area contributed by atoms with Crippen molar-refractivity contribution in [3.63, 3.8) is 0 Å². The summed E-state index contributed by atoms with van der Waals surface area (Å²) in [7, 11) is 0. The Hall–Kier alpha value is 0. The van der Waals surface area contributed by atoms with Crippen LogP contribution in [0.3, 0.4) is 0 Å². The second-order valence-corrected chi connectivity index (χ2v) is 10.3. The Kier molecular flexibility index (Phi) is 21.7. The van der Waals surface area contributed by atoms with Gasteiger partial charge in [0.2, 0.25) is 0 Å². The molecule has 0 saturated heterocycles. The van der Waals surface area contributed by atoms with Crippen molar-refractivity contribution in [1.29, 1.82) is 0 Å². The Morgan fingerprint density at radius 1 is 0.321 bits per heavy atom. The molecule has 0 radical (unpaired) electrons. The van der Waals surface area contributed by atoms with Crippen molar-refractivity contribution in [3.05, 3.63) is 0 Å². The third-order valence-electron chi connectivity index (χ3n) is 6.89. The van der Waals surface area contributed by atoms with Gasteiger partial charge in [0.15, 0.2) is 0 Å². The van der Waals surface area contributed by atoms with Crippen molar-refractivity contribution in [3.8, 4) is 0 Å². The summed E-state index contributed by atoms with van der Waals surface area (Å²) in [5.41, 5.74) is 0. The average molecular weight is 395 g/mol. The Morgan fingerprint density at radius 3 is 1.00 bits per heavy atom. The molecule has 0 aliphatic carbocycles. The minimum atomic E-state index is 0.947. The normalized spacial score (nSPS) is 14.9. The van der Waals surface area contributed by atoms with E-state index in [4.69, 9.17) is 0 Å². The summed E-state index contributed by atoms with van der Waals surface area (Å²) in [5, 5.41) is 0. The molecule has 0 heteroatoms. The molecule has 0 rings (SSSR count). The van der Waals surface area contributed by atoms with E-state index in [9.17, 15) is 0 Å². The van der Waals surface area contributed by atoms with Crippen LogP contribution >= 0.6 is 0 Å². The summed E-state index contributed by atoms with van der Waals surface area (Å²) < 4.78 is 0. The fraction of sp³-hybridized carbons (Fsp3) is 1.00. The number of unbranched alkanes of at least 4 members (excludes halogenated alkanes) is 10. The lowest BCUT2D eigenvalue weighted by molar-refractivity contribution is 0.375. The molecule has 0 saturated carbocycles. The molecule has 3 unspecified atom stereocenters. The second-order valence-electron chi connectivity index (χ2n) is 10.3. The highest BCUT2D eigenvalue weighted by molar-refractivity contribution is 4.61. The first kappa shape index (κ1) is 28.0. The monoisotopic (exact) mass is 394 g/mol. The predicted molar refractivity (Wildman–Crippen MR) is 131 cm³/mol. The molecule has 3 atom stereocenters. The Morgan fingerprint density at radius 2 is 0.607 bits per heavy atom. The zero-order valence-electron chi connectivity index (χ0n) is 20.9. The van der Waals surface area contributed by atoms with E-state index in [1.807, 2.05) is 0 Å². The summed E-state index contributed by atoms with van der Waals surface area (Å²) in [6.45, 7) is 12.1. The lowest BCUT2D eigenvalue weighted by atomic mass is 9.90. The van der Waals surface area contributed by atoms with Gasteiger partial charge in [0.05, 0.1) is 0 Å². The fourth-order valence-electron chi connectivity index (χ4n) is 4.60. The number of hydrogen-bond acceptors (Lipinski definition) is 0. The summed E-state index contributed by atoms with van der Waals surface area (Å²) in [4.78, 5) is 0. The lowest BCUT2D eigenvalue weighted by Crippen LogP contribution is -2.01. The molecule has 0 nitrogen and oxygen atoms in total. The Bertz CT molecular complexity index is 282. The molecular weight excluding hydrogens is 336 g/mol. The van der Waals surface area contributed by atoms with Crippen LogP contribution in [0.5, 0.6) is 0 Å². The molecule has 0 amide bonds. The molecule has 170 valence electrons.